The Kier molecular flexibility index (Phi) is 5.23. The smallest absolute Gasteiger partial charge is 0.0717 e. The Bertz CT molecular complexity index is 310. The fourth-order valence-corrected chi connectivity index (χ4v) is 1.56. The minimum absolute atomic E-state index is 0.00350. The van der Waals surface area contributed by atoms with E-state index in [1.165, 1.54) is 5.56 Å². The van der Waals surface area contributed by atoms with Gasteiger partial charge in [0.05, 0.1) is 13.2 Å². The average molecular weight is 219 g/mol. The van der Waals surface area contributed by atoms with Crippen LogP contribution in [0, 0.1) is 5.41 Å². The first-order chi connectivity index (χ1) is 7.70. The highest BCUT2D eigenvalue weighted by atomic mass is 16.5. The number of hydrogen-bond acceptors (Lipinski definition) is 2. The van der Waals surface area contributed by atoms with Crippen LogP contribution in [0.3, 0.4) is 0 Å². The van der Waals surface area contributed by atoms with Crippen LogP contribution in [0.2, 0.25) is 0 Å². The van der Waals surface area contributed by atoms with E-state index in [2.05, 4.69) is 31.0 Å². The summed E-state index contributed by atoms with van der Waals surface area (Å²) in [5.41, 5.74) is 1.21. The van der Waals surface area contributed by atoms with Gasteiger partial charge in [0.15, 0.2) is 0 Å². The molecule has 0 heterocycles. The number of hydrogen-bond donors (Lipinski definition) is 1. The summed E-state index contributed by atoms with van der Waals surface area (Å²) in [5, 5.41) is 3.16. The molecule has 0 spiro atoms. The summed E-state index contributed by atoms with van der Waals surface area (Å²) >= 11 is 0. The maximum atomic E-state index is 5.72. The van der Waals surface area contributed by atoms with Gasteiger partial charge in [0.1, 0.15) is 0 Å². The molecule has 0 saturated carbocycles. The zero-order valence-electron chi connectivity index (χ0n) is 10.2. The van der Waals surface area contributed by atoms with E-state index in [4.69, 9.17) is 4.74 Å². The van der Waals surface area contributed by atoms with Gasteiger partial charge in [-0.3, -0.25) is 0 Å². The Morgan fingerprint density at radius 3 is 2.62 bits per heavy atom. The SMILES string of the molecule is C=CC(C)(CNC)COCc1ccccc1. The molecule has 1 unspecified atom stereocenters. The molecule has 2 nitrogen and oxygen atoms in total. The van der Waals surface area contributed by atoms with E-state index in [9.17, 15) is 0 Å². The van der Waals surface area contributed by atoms with Gasteiger partial charge >= 0.3 is 0 Å². The average Bonchev–Trinajstić information content (AvgIpc) is 2.31. The predicted molar refractivity (Wildman–Crippen MR) is 68.3 cm³/mol. The highest BCUT2D eigenvalue weighted by Gasteiger charge is 2.19. The van der Waals surface area contributed by atoms with Crippen molar-refractivity contribution in [2.24, 2.45) is 5.41 Å². The Hall–Kier alpha value is -1.12. The number of nitrogens with one attached hydrogen (secondary N) is 1. The third-order valence-electron chi connectivity index (χ3n) is 2.62. The highest BCUT2D eigenvalue weighted by Crippen LogP contribution is 2.17. The fourth-order valence-electron chi connectivity index (χ4n) is 1.56. The number of rotatable bonds is 7. The van der Waals surface area contributed by atoms with Crippen LogP contribution in [0.1, 0.15) is 12.5 Å². The van der Waals surface area contributed by atoms with Crippen molar-refractivity contribution in [3.8, 4) is 0 Å². The Morgan fingerprint density at radius 2 is 2.06 bits per heavy atom. The van der Waals surface area contributed by atoms with Gasteiger partial charge in [0.25, 0.3) is 0 Å². The minimum atomic E-state index is 0.00350. The van der Waals surface area contributed by atoms with Crippen LogP contribution in [0.5, 0.6) is 0 Å². The van der Waals surface area contributed by atoms with Crippen LogP contribution >= 0.6 is 0 Å². The monoisotopic (exact) mass is 219 g/mol. The van der Waals surface area contributed by atoms with E-state index in [-0.39, 0.29) is 5.41 Å². The summed E-state index contributed by atoms with van der Waals surface area (Å²) in [4.78, 5) is 0. The quantitative estimate of drug-likeness (QED) is 0.712. The second-order valence-electron chi connectivity index (χ2n) is 4.37. The van der Waals surface area contributed by atoms with Crippen LogP contribution in [-0.2, 0) is 11.3 Å². The van der Waals surface area contributed by atoms with Crippen LogP contribution in [0.4, 0.5) is 0 Å². The van der Waals surface area contributed by atoms with E-state index in [1.807, 2.05) is 31.3 Å². The Morgan fingerprint density at radius 1 is 1.38 bits per heavy atom. The van der Waals surface area contributed by atoms with E-state index in [1.54, 1.807) is 0 Å². The van der Waals surface area contributed by atoms with Crippen molar-refractivity contribution < 1.29 is 4.74 Å². The van der Waals surface area contributed by atoms with Crippen molar-refractivity contribution >= 4 is 0 Å². The van der Waals surface area contributed by atoms with Crippen molar-refractivity contribution in [3.05, 3.63) is 48.6 Å². The first-order valence-corrected chi connectivity index (χ1v) is 5.60. The van der Waals surface area contributed by atoms with Gasteiger partial charge in [0, 0.05) is 12.0 Å². The number of ether oxygens (including phenoxy) is 1. The van der Waals surface area contributed by atoms with Crippen molar-refractivity contribution in [2.75, 3.05) is 20.2 Å². The molecule has 2 heteroatoms. The lowest BCUT2D eigenvalue weighted by atomic mass is 9.92. The maximum absolute atomic E-state index is 5.72. The first kappa shape index (κ1) is 12.9. The summed E-state index contributed by atoms with van der Waals surface area (Å²) in [6.45, 7) is 8.23. The third kappa shape index (κ3) is 4.17. The second kappa shape index (κ2) is 6.46. The zero-order chi connectivity index (χ0) is 11.9. The summed E-state index contributed by atoms with van der Waals surface area (Å²) < 4.78 is 5.72. The third-order valence-corrected chi connectivity index (χ3v) is 2.62. The predicted octanol–water partition coefficient (Wildman–Crippen LogP) is 2.61. The van der Waals surface area contributed by atoms with Gasteiger partial charge in [-0.05, 0) is 12.6 Å². The Labute approximate surface area is 98.3 Å². The molecule has 16 heavy (non-hydrogen) atoms. The van der Waals surface area contributed by atoms with Crippen LogP contribution in [0.15, 0.2) is 43.0 Å². The van der Waals surface area contributed by atoms with Gasteiger partial charge in [-0.15, -0.1) is 6.58 Å². The fraction of sp³-hybridized carbons (Fsp3) is 0.429. The van der Waals surface area contributed by atoms with E-state index < -0.39 is 0 Å². The molecule has 0 saturated heterocycles. The molecule has 1 aromatic rings. The van der Waals surface area contributed by atoms with Crippen molar-refractivity contribution in [1.82, 2.24) is 5.32 Å². The first-order valence-electron chi connectivity index (χ1n) is 5.60. The van der Waals surface area contributed by atoms with Crippen LogP contribution in [0.25, 0.3) is 0 Å². The summed E-state index contributed by atoms with van der Waals surface area (Å²) in [6, 6.07) is 10.2. The topological polar surface area (TPSA) is 21.3 Å². The molecular formula is C14H21NO. The normalized spacial score (nSPS) is 14.4. The lowest BCUT2D eigenvalue weighted by Crippen LogP contribution is -2.32. The molecule has 0 aromatic heterocycles. The molecule has 0 aliphatic carbocycles. The molecule has 1 atom stereocenters. The molecule has 0 aliphatic heterocycles. The summed E-state index contributed by atoms with van der Waals surface area (Å²) in [5.74, 6) is 0. The van der Waals surface area contributed by atoms with Crippen molar-refractivity contribution in [2.45, 2.75) is 13.5 Å². The summed E-state index contributed by atoms with van der Waals surface area (Å²) in [7, 11) is 1.94. The Balaban J connectivity index is 2.37. The molecule has 88 valence electrons. The molecule has 0 fully saturated rings. The highest BCUT2D eigenvalue weighted by molar-refractivity contribution is 5.13. The van der Waals surface area contributed by atoms with Crippen LogP contribution in [-0.4, -0.2) is 20.2 Å². The van der Waals surface area contributed by atoms with Gasteiger partial charge < -0.3 is 10.1 Å². The lowest BCUT2D eigenvalue weighted by molar-refractivity contribution is 0.0650. The van der Waals surface area contributed by atoms with E-state index in [0.717, 1.165) is 6.54 Å². The minimum Gasteiger partial charge on any atom is -0.376 e. The molecule has 0 amide bonds. The van der Waals surface area contributed by atoms with Gasteiger partial charge in [-0.1, -0.05) is 43.3 Å². The van der Waals surface area contributed by atoms with Gasteiger partial charge in [-0.25, -0.2) is 0 Å². The standard InChI is InChI=1S/C14H21NO/c1-4-14(2,11-15-3)12-16-10-13-8-6-5-7-9-13/h4-9,15H,1,10-12H2,2-3H3. The molecule has 0 aliphatic rings. The summed E-state index contributed by atoms with van der Waals surface area (Å²) in [6.07, 6.45) is 1.95. The molecule has 1 rings (SSSR count). The maximum Gasteiger partial charge on any atom is 0.0717 e. The molecule has 1 aromatic carbocycles. The largest absolute Gasteiger partial charge is 0.376 e. The number of benzene rings is 1. The molecule has 0 radical (unpaired) electrons. The van der Waals surface area contributed by atoms with Crippen molar-refractivity contribution in [3.63, 3.8) is 0 Å². The van der Waals surface area contributed by atoms with E-state index >= 15 is 0 Å². The van der Waals surface area contributed by atoms with E-state index in [0.29, 0.717) is 13.2 Å². The molecular weight excluding hydrogens is 198 g/mol. The van der Waals surface area contributed by atoms with Crippen molar-refractivity contribution in [1.29, 1.82) is 0 Å². The second-order valence-corrected chi connectivity index (χ2v) is 4.37. The van der Waals surface area contributed by atoms with Gasteiger partial charge in [-0.2, -0.15) is 0 Å². The molecule has 1 N–H and O–H groups in total. The lowest BCUT2D eigenvalue weighted by Gasteiger charge is -2.25. The van der Waals surface area contributed by atoms with Crippen LogP contribution < -0.4 is 5.32 Å². The zero-order valence-corrected chi connectivity index (χ0v) is 10.2. The molecule has 0 bridgehead atoms. The van der Waals surface area contributed by atoms with Gasteiger partial charge in [0.2, 0.25) is 0 Å².